The number of aromatic amines is 2. The molecule has 8 nitrogen and oxygen atoms in total. The van der Waals surface area contributed by atoms with Gasteiger partial charge >= 0.3 is 5.69 Å². The molecule has 2 aromatic heterocycles. The molecule has 1 fully saturated rings. The standard InChI is InChI=1S/C18H20N4O4S2/c1-10-11(2)27-17(19-10)15-5-3-4-8-22(15)28(25,26)12-6-7-14-13(9-12)16(23)21-18(24)20-14/h6-7,9,15H,3-5,8H2,1-2H3,(H2,20,21,23,24). The lowest BCUT2D eigenvalue weighted by molar-refractivity contribution is 0.255. The molecule has 1 aliphatic heterocycles. The number of H-pyrrole nitrogens is 2. The van der Waals surface area contributed by atoms with Gasteiger partial charge in [0.1, 0.15) is 5.01 Å². The number of nitrogens with zero attached hydrogens (tertiary/aromatic N) is 2. The molecule has 28 heavy (non-hydrogen) atoms. The first-order valence-electron chi connectivity index (χ1n) is 8.99. The Bertz CT molecular complexity index is 1250. The Hall–Kier alpha value is -2.30. The Morgan fingerprint density at radius 1 is 1.18 bits per heavy atom. The fourth-order valence-corrected chi connectivity index (χ4v) is 6.34. The number of thiazole rings is 1. The third-order valence-corrected chi connectivity index (χ3v) is 8.18. The van der Waals surface area contributed by atoms with Crippen LogP contribution >= 0.6 is 11.3 Å². The zero-order valence-corrected chi connectivity index (χ0v) is 17.1. The molecular formula is C18H20N4O4S2. The van der Waals surface area contributed by atoms with Gasteiger partial charge in [-0.25, -0.2) is 18.2 Å². The molecule has 148 valence electrons. The molecule has 3 heterocycles. The number of rotatable bonds is 3. The zero-order valence-electron chi connectivity index (χ0n) is 15.5. The maximum absolute atomic E-state index is 13.4. The van der Waals surface area contributed by atoms with E-state index in [0.717, 1.165) is 28.4 Å². The lowest BCUT2D eigenvalue weighted by Crippen LogP contribution is -2.38. The van der Waals surface area contributed by atoms with Crippen molar-refractivity contribution < 1.29 is 8.42 Å². The van der Waals surface area contributed by atoms with E-state index in [0.29, 0.717) is 18.5 Å². The number of hydrogen-bond donors (Lipinski definition) is 2. The predicted octanol–water partition coefficient (Wildman–Crippen LogP) is 2.21. The normalized spacial score (nSPS) is 18.6. The van der Waals surface area contributed by atoms with Gasteiger partial charge in [0.2, 0.25) is 10.0 Å². The van der Waals surface area contributed by atoms with Crippen LogP contribution in [0.2, 0.25) is 0 Å². The highest BCUT2D eigenvalue weighted by atomic mass is 32.2. The maximum atomic E-state index is 13.4. The third kappa shape index (κ3) is 3.21. The third-order valence-electron chi connectivity index (χ3n) is 5.10. The van der Waals surface area contributed by atoms with E-state index in [1.807, 2.05) is 13.8 Å². The quantitative estimate of drug-likeness (QED) is 0.674. The van der Waals surface area contributed by atoms with Crippen molar-refractivity contribution in [3.63, 3.8) is 0 Å². The van der Waals surface area contributed by atoms with Crippen LogP contribution in [0.4, 0.5) is 0 Å². The first-order chi connectivity index (χ1) is 13.3. The fraction of sp³-hybridized carbons (Fsp3) is 0.389. The summed E-state index contributed by atoms with van der Waals surface area (Å²) < 4.78 is 28.3. The largest absolute Gasteiger partial charge is 0.326 e. The van der Waals surface area contributed by atoms with Crippen molar-refractivity contribution in [1.29, 1.82) is 0 Å². The van der Waals surface area contributed by atoms with Crippen molar-refractivity contribution in [3.05, 3.63) is 54.6 Å². The monoisotopic (exact) mass is 420 g/mol. The second kappa shape index (κ2) is 6.94. The van der Waals surface area contributed by atoms with Gasteiger partial charge in [-0.05, 0) is 44.9 Å². The highest BCUT2D eigenvalue weighted by Crippen LogP contribution is 2.38. The van der Waals surface area contributed by atoms with Crippen LogP contribution in [-0.2, 0) is 10.0 Å². The predicted molar refractivity (Wildman–Crippen MR) is 107 cm³/mol. The number of nitrogens with one attached hydrogen (secondary N) is 2. The minimum atomic E-state index is -3.83. The Labute approximate surface area is 165 Å². The van der Waals surface area contributed by atoms with Crippen molar-refractivity contribution in [1.82, 2.24) is 19.3 Å². The molecule has 10 heteroatoms. The van der Waals surface area contributed by atoms with Crippen LogP contribution in [0.1, 0.15) is 40.9 Å². The molecule has 0 saturated carbocycles. The molecule has 0 amide bonds. The van der Waals surface area contributed by atoms with E-state index in [-0.39, 0.29) is 16.3 Å². The van der Waals surface area contributed by atoms with E-state index < -0.39 is 21.3 Å². The second-order valence-electron chi connectivity index (χ2n) is 6.94. The molecule has 4 rings (SSSR count). The van der Waals surface area contributed by atoms with Crippen molar-refractivity contribution in [2.45, 2.75) is 44.0 Å². The number of hydrogen-bond acceptors (Lipinski definition) is 6. The summed E-state index contributed by atoms with van der Waals surface area (Å²) in [4.78, 5) is 33.8. The number of piperidine rings is 1. The summed E-state index contributed by atoms with van der Waals surface area (Å²) >= 11 is 1.53. The highest BCUT2D eigenvalue weighted by Gasteiger charge is 2.36. The second-order valence-corrected chi connectivity index (χ2v) is 10.1. The highest BCUT2D eigenvalue weighted by molar-refractivity contribution is 7.89. The molecular weight excluding hydrogens is 400 g/mol. The van der Waals surface area contributed by atoms with Gasteiger partial charge < -0.3 is 4.98 Å². The molecule has 0 aliphatic carbocycles. The molecule has 0 bridgehead atoms. The summed E-state index contributed by atoms with van der Waals surface area (Å²) in [6.45, 7) is 4.31. The Morgan fingerprint density at radius 2 is 1.96 bits per heavy atom. The fourth-order valence-electron chi connectivity index (χ4n) is 3.52. The zero-order chi connectivity index (χ0) is 20.1. The van der Waals surface area contributed by atoms with Gasteiger partial charge in [-0.2, -0.15) is 4.31 Å². The summed E-state index contributed by atoms with van der Waals surface area (Å²) in [6, 6.07) is 3.90. The van der Waals surface area contributed by atoms with Gasteiger partial charge in [-0.15, -0.1) is 11.3 Å². The van der Waals surface area contributed by atoms with Gasteiger partial charge in [0, 0.05) is 11.4 Å². The van der Waals surface area contributed by atoms with Crippen LogP contribution in [-0.4, -0.2) is 34.2 Å². The summed E-state index contributed by atoms with van der Waals surface area (Å²) in [5, 5.41) is 0.941. The maximum Gasteiger partial charge on any atom is 0.326 e. The lowest BCUT2D eigenvalue weighted by Gasteiger charge is -2.33. The van der Waals surface area contributed by atoms with Crippen LogP contribution < -0.4 is 11.2 Å². The van der Waals surface area contributed by atoms with Crippen LogP contribution in [0.5, 0.6) is 0 Å². The van der Waals surface area contributed by atoms with E-state index in [9.17, 15) is 18.0 Å². The molecule has 0 spiro atoms. The minimum Gasteiger partial charge on any atom is -0.307 e. The van der Waals surface area contributed by atoms with E-state index in [1.165, 1.54) is 33.8 Å². The van der Waals surface area contributed by atoms with E-state index in [2.05, 4.69) is 15.0 Å². The average Bonchev–Trinajstić information content (AvgIpc) is 3.00. The minimum absolute atomic E-state index is 0.0365. The molecule has 0 radical (unpaired) electrons. The van der Waals surface area contributed by atoms with Gasteiger partial charge in [-0.3, -0.25) is 9.78 Å². The Balaban J connectivity index is 1.80. The number of sulfonamides is 1. The SMILES string of the molecule is Cc1nc(C2CCCCN2S(=O)(=O)c2ccc3[nH]c(=O)[nH]c(=O)c3c2)sc1C. The van der Waals surface area contributed by atoms with Crippen molar-refractivity contribution in [2.24, 2.45) is 0 Å². The Morgan fingerprint density at radius 3 is 2.68 bits per heavy atom. The first kappa shape index (κ1) is 19.0. The molecule has 2 N–H and O–H groups in total. The van der Waals surface area contributed by atoms with E-state index >= 15 is 0 Å². The molecule has 1 saturated heterocycles. The first-order valence-corrected chi connectivity index (χ1v) is 11.2. The van der Waals surface area contributed by atoms with Gasteiger partial charge in [0.05, 0.1) is 27.5 Å². The lowest BCUT2D eigenvalue weighted by atomic mass is 10.1. The van der Waals surface area contributed by atoms with Crippen molar-refractivity contribution >= 4 is 32.3 Å². The molecule has 1 atom stereocenters. The van der Waals surface area contributed by atoms with Crippen LogP contribution in [0, 0.1) is 13.8 Å². The van der Waals surface area contributed by atoms with Gasteiger partial charge in [-0.1, -0.05) is 6.42 Å². The Kier molecular flexibility index (Phi) is 4.72. The molecule has 3 aromatic rings. The van der Waals surface area contributed by atoms with Gasteiger partial charge in [0.25, 0.3) is 5.56 Å². The van der Waals surface area contributed by atoms with E-state index in [4.69, 9.17) is 0 Å². The van der Waals surface area contributed by atoms with Gasteiger partial charge in [0.15, 0.2) is 0 Å². The van der Waals surface area contributed by atoms with E-state index in [1.54, 1.807) is 0 Å². The summed E-state index contributed by atoms with van der Waals surface area (Å²) in [7, 11) is -3.83. The smallest absolute Gasteiger partial charge is 0.307 e. The number of aromatic nitrogens is 3. The molecule has 1 unspecified atom stereocenters. The summed E-state index contributed by atoms with van der Waals surface area (Å²) in [5.41, 5.74) is -0.0194. The van der Waals surface area contributed by atoms with Crippen molar-refractivity contribution in [2.75, 3.05) is 6.54 Å². The number of fused-ring (bicyclic) bond motifs is 1. The van der Waals surface area contributed by atoms with Crippen molar-refractivity contribution in [3.8, 4) is 0 Å². The molecule has 1 aliphatic rings. The number of aryl methyl sites for hydroxylation is 2. The van der Waals surface area contributed by atoms with Crippen LogP contribution in [0.3, 0.4) is 0 Å². The summed E-state index contributed by atoms with van der Waals surface area (Å²) in [5.74, 6) is 0. The van der Waals surface area contributed by atoms with Crippen LogP contribution in [0.15, 0.2) is 32.7 Å². The number of benzene rings is 1. The summed E-state index contributed by atoms with van der Waals surface area (Å²) in [6.07, 6.45) is 2.43. The van der Waals surface area contributed by atoms with Crippen LogP contribution in [0.25, 0.3) is 10.9 Å². The average molecular weight is 421 g/mol. The topological polar surface area (TPSA) is 116 Å². The molecule has 1 aromatic carbocycles.